The van der Waals surface area contributed by atoms with Gasteiger partial charge < -0.3 is 0 Å². The fourth-order valence-corrected chi connectivity index (χ4v) is 11.9. The van der Waals surface area contributed by atoms with Crippen LogP contribution in [-0.4, -0.2) is 312 Å². The van der Waals surface area contributed by atoms with E-state index in [4.69, 9.17) is 0 Å². The smallest absolute Gasteiger partial charge is 0.000505 e. The van der Waals surface area contributed by atoms with Crippen molar-refractivity contribution in [1.82, 2.24) is 0 Å². The molecule has 0 atom stereocenters. The Labute approximate surface area is 309 Å². The van der Waals surface area contributed by atoms with Crippen LogP contribution in [0.2, 0.25) is 0 Å². The van der Waals surface area contributed by atoms with Crippen LogP contribution in [0, 0.1) is 0 Å². The van der Waals surface area contributed by atoms with Crippen LogP contribution in [-0.2, 0) is 0 Å². The molecular formula is H46B44. The third-order valence-corrected chi connectivity index (χ3v) is 14.1. The molecule has 0 N–H and O–H groups in total. The van der Waals surface area contributed by atoms with Gasteiger partial charge in [-0.2, -0.15) is 0 Å². The van der Waals surface area contributed by atoms with Crippen molar-refractivity contribution in [3.05, 3.63) is 0 Å². The average molecular weight is 522 g/mol. The predicted molar refractivity (Wildman–Crippen MR) is 317 cm³/mol. The SMILES string of the molecule is BBBB(BB)B(BB)B(B(BB)B(BB)BB)B(B(BB)B(BB)BB)B(B(BB)B(BB)BB)B(BB)B(BB)BB. The van der Waals surface area contributed by atoms with Gasteiger partial charge in [-0.1, -0.05) is 0 Å². The number of hydrogen-bond acceptors (Lipinski definition) is 0. The predicted octanol–water partition coefficient (Wildman–Crippen LogP) is -29.1. The maximum Gasteiger partial charge on any atom is 0.0597 e. The van der Waals surface area contributed by atoms with E-state index in [9.17, 15) is 0 Å². The first-order valence-corrected chi connectivity index (χ1v) is 21.2. The van der Waals surface area contributed by atoms with Crippen LogP contribution < -0.4 is 0 Å². The minimum Gasteiger partial charge on any atom is 0.000505 e. The molecule has 0 unspecified atom stereocenters. The van der Waals surface area contributed by atoms with Crippen LogP contribution in [0.25, 0.3) is 0 Å². The van der Waals surface area contributed by atoms with Crippen LogP contribution in [0.3, 0.4) is 0 Å². The maximum absolute atomic E-state index is 2.61. The third kappa shape index (κ3) is 12.9. The molecule has 0 aromatic heterocycles. The van der Waals surface area contributed by atoms with Gasteiger partial charge in [-0.15, -0.1) is 0 Å². The fourth-order valence-electron chi connectivity index (χ4n) is 11.9. The summed E-state index contributed by atoms with van der Waals surface area (Å²) in [6.07, 6.45) is 11.2. The van der Waals surface area contributed by atoms with E-state index in [1.165, 1.54) is 113 Å². The molecule has 0 saturated heterocycles. The Hall–Kier alpha value is 2.86. The molecule has 0 rings (SSSR count). The first kappa shape index (κ1) is 46.9. The number of hydrogen-bond donors (Lipinski definition) is 0. The van der Waals surface area contributed by atoms with Gasteiger partial charge in [-0.3, -0.25) is 0 Å². The molecule has 0 radical (unpaired) electrons. The second-order valence-corrected chi connectivity index (χ2v) is 15.4. The Bertz CT molecular complexity index is 600. The summed E-state index contributed by atoms with van der Waals surface area (Å²) < 4.78 is 0. The van der Waals surface area contributed by atoms with E-state index < -0.39 is 0 Å². The quantitative estimate of drug-likeness (QED) is 0.0897. The average Bonchev–Trinajstić information content (AvgIpc) is 3.05. The van der Waals surface area contributed by atoms with E-state index in [0.29, 0.717) is 0 Å². The van der Waals surface area contributed by atoms with Crippen molar-refractivity contribution in [2.75, 3.05) is 0 Å². The fraction of sp³-hybridized carbons (Fsp3) is 0. The van der Waals surface area contributed by atoms with Crippen LogP contribution in [0.5, 0.6) is 0 Å². The summed E-state index contributed by atoms with van der Waals surface area (Å²) >= 11 is 0. The van der Waals surface area contributed by atoms with E-state index in [0.717, 1.165) is 83.0 Å². The van der Waals surface area contributed by atoms with Crippen molar-refractivity contribution in [3.8, 4) is 0 Å². The van der Waals surface area contributed by atoms with Gasteiger partial charge in [0.05, 0.1) is 116 Å². The van der Waals surface area contributed by atoms with Crippen molar-refractivity contribution in [2.45, 2.75) is 0 Å². The van der Waals surface area contributed by atoms with Crippen molar-refractivity contribution in [2.24, 2.45) is 0 Å². The van der Waals surface area contributed by atoms with Crippen molar-refractivity contribution >= 4 is 312 Å². The molecule has 0 aliphatic rings. The molecule has 0 fully saturated rings. The van der Waals surface area contributed by atoms with E-state index in [2.05, 4.69) is 116 Å². The summed E-state index contributed by atoms with van der Waals surface area (Å²) in [7, 11) is 60.2. The molecule has 0 aliphatic carbocycles. The van der Waals surface area contributed by atoms with Crippen molar-refractivity contribution in [1.29, 1.82) is 0 Å². The topological polar surface area (TPSA) is 0 Å². The summed E-state index contributed by atoms with van der Waals surface area (Å²) in [6, 6.07) is 0. The summed E-state index contributed by atoms with van der Waals surface area (Å²) in [5, 5.41) is 0. The Morgan fingerprint density at radius 1 is 0.227 bits per heavy atom. The molecule has 44 heavy (non-hydrogen) atoms. The van der Waals surface area contributed by atoms with Crippen molar-refractivity contribution < 1.29 is 0 Å². The molecule has 0 heterocycles. The normalized spacial score (nSPS) is 8.91. The highest BCUT2D eigenvalue weighted by Gasteiger charge is 2.55. The van der Waals surface area contributed by atoms with Gasteiger partial charge in [-0.05, 0) is 0 Å². The standard InChI is InChI=1S/B44H46/c1-16-31-36(25-10)41(30-15)43(39(28-13)34(21-6)22-7)44(40(29-14)35(23-8)24-9)42(37(26-11)32(17-2)18-3)38(27-12)33(19-4)20-5/h16-31H,1-15H2. The van der Waals surface area contributed by atoms with Gasteiger partial charge in [0.2, 0.25) is 0 Å². The zero-order valence-electron chi connectivity index (χ0n) is 33.8. The van der Waals surface area contributed by atoms with Gasteiger partial charge in [0.25, 0.3) is 0 Å². The second-order valence-electron chi connectivity index (χ2n) is 15.4. The molecule has 0 aromatic rings. The zero-order chi connectivity index (χ0) is 33.8. The Morgan fingerprint density at radius 3 is 0.614 bits per heavy atom. The Kier molecular flexibility index (Phi) is 29.4. The van der Waals surface area contributed by atoms with Gasteiger partial charge in [-0.25, -0.2) is 0 Å². The molecule has 0 aliphatic heterocycles. The van der Waals surface area contributed by atoms with Crippen LogP contribution in [0.1, 0.15) is 0 Å². The van der Waals surface area contributed by atoms with Gasteiger partial charge in [0, 0.05) is 196 Å². The lowest BCUT2D eigenvalue weighted by atomic mass is 8.29. The van der Waals surface area contributed by atoms with Crippen LogP contribution >= 0.6 is 0 Å². The second kappa shape index (κ2) is 27.6. The highest BCUT2D eigenvalue weighted by molar-refractivity contribution is 8.30. The lowest BCUT2D eigenvalue weighted by Gasteiger charge is -2.51. The largest absolute Gasteiger partial charge is 0.0597 e. The maximum atomic E-state index is 2.61. The molecule has 0 aromatic carbocycles. The third-order valence-electron chi connectivity index (χ3n) is 14.1. The molecule has 44 heteroatoms. The lowest BCUT2D eigenvalue weighted by molar-refractivity contribution is 3.24. The monoisotopic (exact) mass is 531 g/mol. The van der Waals surface area contributed by atoms with Gasteiger partial charge >= 0.3 is 0 Å². The van der Waals surface area contributed by atoms with E-state index in [1.807, 2.05) is 0 Å². The zero-order valence-corrected chi connectivity index (χ0v) is 33.8. The molecule has 0 nitrogen and oxygen atoms in total. The van der Waals surface area contributed by atoms with E-state index in [-0.39, 0.29) is 0 Å². The van der Waals surface area contributed by atoms with Crippen LogP contribution in [0.15, 0.2) is 0 Å². The minimum absolute atomic E-state index is 0.849. The molecular weight excluding hydrogens is 476 g/mol. The molecule has 0 saturated carbocycles. The molecule has 0 bridgehead atoms. The Morgan fingerprint density at radius 2 is 0.432 bits per heavy atom. The summed E-state index contributed by atoms with van der Waals surface area (Å²) in [4.78, 5) is 0. The highest BCUT2D eigenvalue weighted by atomic mass is 13.4. The molecule has 178 valence electrons. The molecule has 0 spiro atoms. The first-order chi connectivity index (χ1) is 21.2. The van der Waals surface area contributed by atoms with E-state index in [1.54, 1.807) is 0 Å². The van der Waals surface area contributed by atoms with Crippen LogP contribution in [0.4, 0.5) is 0 Å². The van der Waals surface area contributed by atoms with E-state index >= 15 is 0 Å². The summed E-state index contributed by atoms with van der Waals surface area (Å²) in [5.74, 6) is 0. The summed E-state index contributed by atoms with van der Waals surface area (Å²) in [5.41, 5.74) is 0. The summed E-state index contributed by atoms with van der Waals surface area (Å²) in [6.45, 7) is 0. The Balaban J connectivity index is 8.32. The van der Waals surface area contributed by atoms with Gasteiger partial charge in [0.1, 0.15) is 0 Å². The molecule has 0 amide bonds. The first-order valence-electron chi connectivity index (χ1n) is 21.2. The highest BCUT2D eigenvalue weighted by Crippen LogP contribution is 2.16. The number of rotatable bonds is 28. The minimum atomic E-state index is 0.849. The van der Waals surface area contributed by atoms with Crippen molar-refractivity contribution in [3.63, 3.8) is 0 Å². The lowest BCUT2D eigenvalue weighted by Crippen LogP contribution is -2.90. The van der Waals surface area contributed by atoms with Gasteiger partial charge in [0.15, 0.2) is 0 Å².